The van der Waals surface area contributed by atoms with Crippen molar-refractivity contribution in [1.29, 1.82) is 0 Å². The maximum Gasteiger partial charge on any atom is 0.336 e. The molecule has 4 nitrogen and oxygen atoms in total. The van der Waals surface area contributed by atoms with Crippen molar-refractivity contribution < 1.29 is 14.8 Å². The quantitative estimate of drug-likeness (QED) is 0.723. The number of benzene rings is 2. The predicted octanol–water partition coefficient (Wildman–Crippen LogP) is 2.72. The van der Waals surface area contributed by atoms with Gasteiger partial charge in [0.25, 0.3) is 0 Å². The minimum absolute atomic E-state index is 0.126. The van der Waals surface area contributed by atoms with Crippen molar-refractivity contribution in [3.63, 3.8) is 0 Å². The number of nitrogens with two attached hydrogens (primary N) is 1. The van der Waals surface area contributed by atoms with E-state index in [1.54, 1.807) is 19.1 Å². The topological polar surface area (TPSA) is 67.1 Å². The molecule has 0 aliphatic rings. The molecule has 0 fully saturated rings. The van der Waals surface area contributed by atoms with Crippen molar-refractivity contribution >= 4 is 22.6 Å². The minimum Gasteiger partial charge on any atom is -0.508 e. The number of hydrogen-bond donors (Lipinski definition) is 2. The molecule has 0 saturated carbocycles. The van der Waals surface area contributed by atoms with Crippen LogP contribution in [0.2, 0.25) is 5.02 Å². The zero-order valence-electron chi connectivity index (χ0n) is 12.7. The lowest BCUT2D eigenvalue weighted by Crippen LogP contribution is -2.80. The number of phenolic OH excluding ortho intramolecular Hbond substituents is 1. The molecule has 0 bridgehead atoms. The summed E-state index contributed by atoms with van der Waals surface area (Å²) >= 11 is 5.98. The number of halogens is 1. The first-order valence-electron chi connectivity index (χ1n) is 7.36. The van der Waals surface area contributed by atoms with Crippen LogP contribution in [-0.4, -0.2) is 5.11 Å². The first kappa shape index (κ1) is 15.6. The van der Waals surface area contributed by atoms with Crippen LogP contribution in [0.1, 0.15) is 16.7 Å². The van der Waals surface area contributed by atoms with Crippen LogP contribution in [0.4, 0.5) is 0 Å². The van der Waals surface area contributed by atoms with Crippen molar-refractivity contribution in [1.82, 2.24) is 0 Å². The van der Waals surface area contributed by atoms with Crippen LogP contribution in [0.25, 0.3) is 11.0 Å². The Morgan fingerprint density at radius 2 is 2.00 bits per heavy atom. The van der Waals surface area contributed by atoms with Crippen molar-refractivity contribution in [2.45, 2.75) is 20.0 Å². The molecule has 0 amide bonds. The molecular formula is C18H17ClNO3+. The highest BCUT2D eigenvalue weighted by atomic mass is 35.5. The molecule has 118 valence electrons. The molecule has 23 heavy (non-hydrogen) atoms. The summed E-state index contributed by atoms with van der Waals surface area (Å²) in [4.78, 5) is 11.8. The summed E-state index contributed by atoms with van der Waals surface area (Å²) in [5.41, 5.74) is 2.64. The molecular weight excluding hydrogens is 314 g/mol. The van der Waals surface area contributed by atoms with E-state index in [2.05, 4.69) is 5.32 Å². The fourth-order valence-electron chi connectivity index (χ4n) is 2.64. The van der Waals surface area contributed by atoms with Crippen LogP contribution >= 0.6 is 11.6 Å². The van der Waals surface area contributed by atoms with E-state index in [0.29, 0.717) is 22.7 Å². The molecule has 0 saturated heterocycles. The SMILES string of the molecule is Cc1c(O)ccc2c(C[NH2+]Cc3cccc(Cl)c3)cc(=O)oc12. The number of hydrogen-bond acceptors (Lipinski definition) is 3. The van der Waals surface area contributed by atoms with Gasteiger partial charge in [-0.3, -0.25) is 0 Å². The van der Waals surface area contributed by atoms with E-state index in [1.165, 1.54) is 6.07 Å². The normalized spacial score (nSPS) is 11.0. The van der Waals surface area contributed by atoms with E-state index >= 15 is 0 Å². The van der Waals surface area contributed by atoms with E-state index in [0.717, 1.165) is 23.1 Å². The number of aromatic hydroxyl groups is 1. The molecule has 3 N–H and O–H groups in total. The van der Waals surface area contributed by atoms with Crippen LogP contribution in [0, 0.1) is 6.92 Å². The second-order valence-corrected chi connectivity index (χ2v) is 5.94. The van der Waals surface area contributed by atoms with Gasteiger partial charge in [-0.05, 0) is 31.2 Å². The standard InChI is InChI=1S/C18H16ClNO3/c1-11-16(21)6-5-15-13(8-17(22)23-18(11)15)10-20-9-12-3-2-4-14(19)7-12/h2-8,20-21H,9-10H2,1H3/p+1. The summed E-state index contributed by atoms with van der Waals surface area (Å²) < 4.78 is 5.25. The van der Waals surface area contributed by atoms with Crippen LogP contribution in [0.15, 0.2) is 51.7 Å². The molecule has 0 spiro atoms. The van der Waals surface area contributed by atoms with E-state index < -0.39 is 5.63 Å². The van der Waals surface area contributed by atoms with Gasteiger partial charge in [-0.2, -0.15) is 0 Å². The molecule has 3 aromatic rings. The summed E-state index contributed by atoms with van der Waals surface area (Å²) in [5, 5.41) is 13.4. The van der Waals surface area contributed by atoms with E-state index in [4.69, 9.17) is 16.0 Å². The molecule has 0 radical (unpaired) electrons. The molecule has 1 heterocycles. The fraction of sp³-hybridized carbons (Fsp3) is 0.167. The van der Waals surface area contributed by atoms with Crippen LogP contribution in [0.5, 0.6) is 5.75 Å². The molecule has 0 aliphatic heterocycles. The number of fused-ring (bicyclic) bond motifs is 1. The lowest BCUT2D eigenvalue weighted by Gasteiger charge is -2.08. The fourth-order valence-corrected chi connectivity index (χ4v) is 2.86. The van der Waals surface area contributed by atoms with Crippen molar-refractivity contribution in [3.05, 3.63) is 74.6 Å². The number of aryl methyl sites for hydroxylation is 1. The van der Waals surface area contributed by atoms with E-state index in [1.807, 2.05) is 24.3 Å². The smallest absolute Gasteiger partial charge is 0.336 e. The highest BCUT2D eigenvalue weighted by molar-refractivity contribution is 6.30. The lowest BCUT2D eigenvalue weighted by atomic mass is 10.1. The second kappa shape index (κ2) is 6.44. The molecule has 0 aliphatic carbocycles. The monoisotopic (exact) mass is 330 g/mol. The average Bonchev–Trinajstić information content (AvgIpc) is 2.51. The summed E-state index contributed by atoms with van der Waals surface area (Å²) in [7, 11) is 0. The molecule has 1 aromatic heterocycles. The van der Waals surface area contributed by atoms with Crippen LogP contribution < -0.4 is 10.9 Å². The molecule has 3 rings (SSSR count). The van der Waals surface area contributed by atoms with Gasteiger partial charge in [0.15, 0.2) is 0 Å². The summed E-state index contributed by atoms with van der Waals surface area (Å²) in [6, 6.07) is 12.6. The Morgan fingerprint density at radius 3 is 2.78 bits per heavy atom. The number of phenols is 1. The van der Waals surface area contributed by atoms with Crippen molar-refractivity contribution in [3.8, 4) is 5.75 Å². The Bertz CT molecular complexity index is 918. The third-order valence-corrected chi connectivity index (χ3v) is 4.09. The van der Waals surface area contributed by atoms with Gasteiger partial charge in [0.05, 0.1) is 0 Å². The summed E-state index contributed by atoms with van der Waals surface area (Å²) in [6.45, 7) is 3.14. The minimum atomic E-state index is -0.405. The van der Waals surface area contributed by atoms with Gasteiger partial charge in [-0.15, -0.1) is 0 Å². The van der Waals surface area contributed by atoms with Crippen molar-refractivity contribution in [2.75, 3.05) is 0 Å². The molecule has 0 atom stereocenters. The molecule has 5 heteroatoms. The largest absolute Gasteiger partial charge is 0.508 e. The first-order valence-corrected chi connectivity index (χ1v) is 7.74. The third-order valence-electron chi connectivity index (χ3n) is 3.85. The Labute approximate surface area is 138 Å². The Balaban J connectivity index is 1.85. The van der Waals surface area contributed by atoms with Gasteiger partial charge < -0.3 is 14.8 Å². The van der Waals surface area contributed by atoms with Gasteiger partial charge >= 0.3 is 5.63 Å². The zero-order chi connectivity index (χ0) is 16.4. The Morgan fingerprint density at radius 1 is 1.17 bits per heavy atom. The molecule has 0 unspecified atom stereocenters. The van der Waals surface area contributed by atoms with E-state index in [-0.39, 0.29) is 5.75 Å². The van der Waals surface area contributed by atoms with Gasteiger partial charge in [-0.25, -0.2) is 4.79 Å². The summed E-state index contributed by atoms with van der Waals surface area (Å²) in [5.74, 6) is 0.126. The maximum absolute atomic E-state index is 11.8. The maximum atomic E-state index is 11.8. The Hall–Kier alpha value is -2.30. The van der Waals surface area contributed by atoms with Crippen molar-refractivity contribution in [2.24, 2.45) is 0 Å². The van der Waals surface area contributed by atoms with Gasteiger partial charge in [0.1, 0.15) is 24.4 Å². The van der Waals surface area contributed by atoms with Crippen LogP contribution in [-0.2, 0) is 13.1 Å². The Kier molecular flexibility index (Phi) is 4.37. The lowest BCUT2D eigenvalue weighted by molar-refractivity contribution is -0.686. The summed E-state index contributed by atoms with van der Waals surface area (Å²) in [6.07, 6.45) is 0. The third kappa shape index (κ3) is 3.38. The number of quaternary nitrogens is 1. The average molecular weight is 331 g/mol. The van der Waals surface area contributed by atoms with Gasteiger partial charge in [0.2, 0.25) is 0 Å². The molecule has 2 aromatic carbocycles. The predicted molar refractivity (Wildman–Crippen MR) is 89.7 cm³/mol. The number of rotatable bonds is 4. The highest BCUT2D eigenvalue weighted by Gasteiger charge is 2.11. The van der Waals surface area contributed by atoms with Gasteiger partial charge in [0, 0.05) is 33.2 Å². The van der Waals surface area contributed by atoms with Gasteiger partial charge in [-0.1, -0.05) is 23.7 Å². The highest BCUT2D eigenvalue weighted by Crippen LogP contribution is 2.26. The van der Waals surface area contributed by atoms with Crippen LogP contribution in [0.3, 0.4) is 0 Å². The zero-order valence-corrected chi connectivity index (χ0v) is 13.4. The van der Waals surface area contributed by atoms with E-state index in [9.17, 15) is 9.90 Å². The first-order chi connectivity index (χ1) is 11.0. The second-order valence-electron chi connectivity index (χ2n) is 5.50.